The van der Waals surface area contributed by atoms with E-state index in [0.29, 0.717) is 23.1 Å². The van der Waals surface area contributed by atoms with Crippen LogP contribution in [0, 0.1) is 0 Å². The molecule has 0 spiro atoms. The molecule has 0 saturated carbocycles. The summed E-state index contributed by atoms with van der Waals surface area (Å²) in [6.07, 6.45) is 1.76. The summed E-state index contributed by atoms with van der Waals surface area (Å²) >= 11 is 4.49. The van der Waals surface area contributed by atoms with Crippen molar-refractivity contribution >= 4 is 66.7 Å². The van der Waals surface area contributed by atoms with E-state index in [1.54, 1.807) is 29.2 Å². The van der Waals surface area contributed by atoms with Gasteiger partial charge in [-0.25, -0.2) is 18.5 Å². The van der Waals surface area contributed by atoms with Gasteiger partial charge in [-0.15, -0.1) is 28.1 Å². The zero-order valence-electron chi connectivity index (χ0n) is 17.7. The van der Waals surface area contributed by atoms with Gasteiger partial charge in [0.05, 0.1) is 26.6 Å². The lowest BCUT2D eigenvalue weighted by Crippen LogP contribution is -2.15. The SMILES string of the molecule is C=CCn1c(CSc2nc3ccccc3s2)nnc1SCC(=O)Nc1ccc(S(N)(=O)=O)cc1. The third kappa shape index (κ3) is 6.04. The number of nitrogens with one attached hydrogen (secondary N) is 1. The number of nitrogens with two attached hydrogens (primary N) is 1. The van der Waals surface area contributed by atoms with E-state index in [1.165, 1.54) is 36.0 Å². The monoisotopic (exact) mass is 532 g/mol. The van der Waals surface area contributed by atoms with Gasteiger partial charge in [0, 0.05) is 12.2 Å². The van der Waals surface area contributed by atoms with Crippen molar-refractivity contribution in [1.29, 1.82) is 0 Å². The molecule has 0 saturated heterocycles. The number of allylic oxidation sites excluding steroid dienone is 1. The minimum Gasteiger partial charge on any atom is -0.325 e. The van der Waals surface area contributed by atoms with Crippen LogP contribution in [0.4, 0.5) is 5.69 Å². The number of thioether (sulfide) groups is 2. The Morgan fingerprint density at radius 2 is 1.91 bits per heavy atom. The van der Waals surface area contributed by atoms with E-state index in [-0.39, 0.29) is 16.6 Å². The lowest BCUT2D eigenvalue weighted by molar-refractivity contribution is -0.113. The maximum Gasteiger partial charge on any atom is 0.238 e. The predicted molar refractivity (Wildman–Crippen MR) is 137 cm³/mol. The van der Waals surface area contributed by atoms with Gasteiger partial charge in [-0.3, -0.25) is 4.79 Å². The average Bonchev–Trinajstić information content (AvgIpc) is 3.39. The molecular weight excluding hydrogens is 513 g/mol. The molecule has 2 heterocycles. The standard InChI is InChI=1S/C21H20N6O3S4/c1-2-11-27-18(12-32-21-24-16-5-3-4-6-17(16)33-21)25-26-20(27)31-13-19(28)23-14-7-9-15(10-8-14)34(22,29)30/h2-10H,1,11-13H2,(H,23,28)(H2,22,29,30). The fourth-order valence-corrected chi connectivity index (χ4v) is 6.23. The molecule has 2 aromatic heterocycles. The Hall–Kier alpha value is -2.71. The molecule has 0 radical (unpaired) electrons. The van der Waals surface area contributed by atoms with Crippen molar-refractivity contribution in [1.82, 2.24) is 19.7 Å². The highest BCUT2D eigenvalue weighted by Crippen LogP contribution is 2.31. The van der Waals surface area contributed by atoms with E-state index in [1.807, 2.05) is 28.8 Å². The second-order valence-corrected chi connectivity index (χ2v) is 11.7. The Balaban J connectivity index is 1.37. The molecule has 9 nitrogen and oxygen atoms in total. The normalized spacial score (nSPS) is 11.6. The summed E-state index contributed by atoms with van der Waals surface area (Å²) in [6.45, 7) is 4.32. The molecule has 0 aliphatic heterocycles. The van der Waals surface area contributed by atoms with E-state index in [2.05, 4.69) is 27.1 Å². The van der Waals surface area contributed by atoms with Gasteiger partial charge >= 0.3 is 0 Å². The molecule has 13 heteroatoms. The number of sulfonamides is 1. The summed E-state index contributed by atoms with van der Waals surface area (Å²) < 4.78 is 26.7. The highest BCUT2D eigenvalue weighted by atomic mass is 32.2. The van der Waals surface area contributed by atoms with Crippen LogP contribution >= 0.6 is 34.9 Å². The molecule has 0 bridgehead atoms. The maximum atomic E-state index is 12.4. The number of fused-ring (bicyclic) bond motifs is 1. The molecular formula is C21H20N6O3S4. The van der Waals surface area contributed by atoms with Gasteiger partial charge in [0.1, 0.15) is 5.82 Å². The van der Waals surface area contributed by atoms with Crippen LogP contribution in [0.3, 0.4) is 0 Å². The molecule has 1 amide bonds. The Bertz CT molecular complexity index is 1400. The summed E-state index contributed by atoms with van der Waals surface area (Å²) in [5, 5.41) is 17.0. The smallest absolute Gasteiger partial charge is 0.238 e. The van der Waals surface area contributed by atoms with Crippen molar-refractivity contribution < 1.29 is 13.2 Å². The van der Waals surface area contributed by atoms with Gasteiger partial charge < -0.3 is 9.88 Å². The molecule has 0 aliphatic carbocycles. The Kier molecular flexibility index (Phi) is 7.68. The van der Waals surface area contributed by atoms with Gasteiger partial charge in [-0.1, -0.05) is 41.7 Å². The summed E-state index contributed by atoms with van der Waals surface area (Å²) in [5.74, 6) is 1.21. The minimum atomic E-state index is -3.78. The zero-order chi connectivity index (χ0) is 24.1. The van der Waals surface area contributed by atoms with Crippen molar-refractivity contribution in [3.05, 3.63) is 67.0 Å². The van der Waals surface area contributed by atoms with Crippen molar-refractivity contribution in [2.75, 3.05) is 11.1 Å². The van der Waals surface area contributed by atoms with E-state index in [0.717, 1.165) is 20.4 Å². The molecule has 176 valence electrons. The first-order valence-corrected chi connectivity index (χ1v) is 14.2. The number of hydrogen-bond donors (Lipinski definition) is 2. The molecule has 0 fully saturated rings. The van der Waals surface area contributed by atoms with Gasteiger partial charge in [0.2, 0.25) is 15.9 Å². The van der Waals surface area contributed by atoms with E-state index < -0.39 is 10.0 Å². The van der Waals surface area contributed by atoms with Crippen LogP contribution in [0.1, 0.15) is 5.82 Å². The number of benzene rings is 2. The Morgan fingerprint density at radius 1 is 1.15 bits per heavy atom. The van der Waals surface area contributed by atoms with Crippen molar-refractivity contribution in [2.45, 2.75) is 26.7 Å². The number of aromatic nitrogens is 4. The molecule has 4 rings (SSSR count). The van der Waals surface area contributed by atoms with Gasteiger partial charge in [0.15, 0.2) is 9.50 Å². The van der Waals surface area contributed by atoms with Crippen LogP contribution in [-0.4, -0.2) is 39.8 Å². The first-order chi connectivity index (χ1) is 16.3. The number of carbonyl (C=O) groups is 1. The third-order valence-electron chi connectivity index (χ3n) is 4.50. The molecule has 0 aliphatic rings. The molecule has 3 N–H and O–H groups in total. The number of anilines is 1. The summed E-state index contributed by atoms with van der Waals surface area (Å²) in [6, 6.07) is 13.7. The van der Waals surface area contributed by atoms with Gasteiger partial charge in [0.25, 0.3) is 0 Å². The lowest BCUT2D eigenvalue weighted by Gasteiger charge is -2.08. The second-order valence-electron chi connectivity index (χ2n) is 6.94. The predicted octanol–water partition coefficient (Wildman–Crippen LogP) is 3.74. The summed E-state index contributed by atoms with van der Waals surface area (Å²) in [5.41, 5.74) is 1.45. The number of thiazole rings is 1. The van der Waals surface area contributed by atoms with Crippen LogP contribution in [0.5, 0.6) is 0 Å². The molecule has 0 atom stereocenters. The van der Waals surface area contributed by atoms with Crippen molar-refractivity contribution in [3.8, 4) is 0 Å². The first-order valence-electron chi connectivity index (χ1n) is 9.90. The number of nitrogens with zero attached hydrogens (tertiary/aromatic N) is 4. The molecule has 34 heavy (non-hydrogen) atoms. The number of primary sulfonamides is 1. The summed E-state index contributed by atoms with van der Waals surface area (Å²) in [7, 11) is -3.78. The number of hydrogen-bond acceptors (Lipinski definition) is 9. The minimum absolute atomic E-state index is 0.0198. The topological polar surface area (TPSA) is 133 Å². The Morgan fingerprint density at radius 3 is 2.62 bits per heavy atom. The maximum absolute atomic E-state index is 12.4. The van der Waals surface area contributed by atoms with Crippen molar-refractivity contribution in [2.24, 2.45) is 5.14 Å². The first kappa shape index (κ1) is 24.4. The van der Waals surface area contributed by atoms with E-state index in [9.17, 15) is 13.2 Å². The number of amides is 1. The largest absolute Gasteiger partial charge is 0.325 e. The lowest BCUT2D eigenvalue weighted by atomic mass is 10.3. The van der Waals surface area contributed by atoms with Crippen LogP contribution in [-0.2, 0) is 27.1 Å². The van der Waals surface area contributed by atoms with E-state index in [4.69, 9.17) is 5.14 Å². The highest BCUT2D eigenvalue weighted by Gasteiger charge is 2.15. The van der Waals surface area contributed by atoms with Crippen molar-refractivity contribution in [3.63, 3.8) is 0 Å². The quantitative estimate of drug-likeness (QED) is 0.233. The fraction of sp³-hybridized carbons (Fsp3) is 0.143. The molecule has 0 unspecified atom stereocenters. The number of carbonyl (C=O) groups excluding carboxylic acids is 1. The van der Waals surface area contributed by atoms with Crippen LogP contribution in [0.25, 0.3) is 10.2 Å². The zero-order valence-corrected chi connectivity index (χ0v) is 21.0. The summed E-state index contributed by atoms with van der Waals surface area (Å²) in [4.78, 5) is 17.0. The van der Waals surface area contributed by atoms with Gasteiger partial charge in [-0.2, -0.15) is 0 Å². The van der Waals surface area contributed by atoms with Crippen LogP contribution in [0.15, 0.2) is 75.6 Å². The number of para-hydroxylation sites is 1. The second kappa shape index (κ2) is 10.7. The third-order valence-corrected chi connectivity index (χ3v) is 8.57. The van der Waals surface area contributed by atoms with E-state index >= 15 is 0 Å². The van der Waals surface area contributed by atoms with Gasteiger partial charge in [-0.05, 0) is 36.4 Å². The fourth-order valence-electron chi connectivity index (χ4n) is 2.94. The molecule has 4 aromatic rings. The Labute approximate surface area is 208 Å². The molecule has 2 aromatic carbocycles. The average molecular weight is 533 g/mol. The van der Waals surface area contributed by atoms with Crippen LogP contribution in [0.2, 0.25) is 0 Å². The number of rotatable bonds is 10. The highest BCUT2D eigenvalue weighted by molar-refractivity contribution is 8.00. The van der Waals surface area contributed by atoms with Crippen LogP contribution < -0.4 is 10.5 Å².